The van der Waals surface area contributed by atoms with E-state index < -0.39 is 0 Å². The first kappa shape index (κ1) is 18.4. The number of hydrogen-bond donors (Lipinski definition) is 2. The molecule has 7 heteroatoms. The summed E-state index contributed by atoms with van der Waals surface area (Å²) < 4.78 is 7.00. The summed E-state index contributed by atoms with van der Waals surface area (Å²) in [5.74, 6) is 1.28. The summed E-state index contributed by atoms with van der Waals surface area (Å²) in [6.45, 7) is 6.22. The van der Waals surface area contributed by atoms with Crippen LogP contribution in [-0.2, 0) is 5.41 Å². The van der Waals surface area contributed by atoms with Crippen molar-refractivity contribution in [2.24, 2.45) is 0 Å². The zero-order valence-corrected chi connectivity index (χ0v) is 15.9. The Balaban J connectivity index is 1.93. The Hall–Kier alpha value is -3.35. The van der Waals surface area contributed by atoms with Gasteiger partial charge in [-0.1, -0.05) is 26.8 Å². The topological polar surface area (TPSA) is 81.1 Å². The summed E-state index contributed by atoms with van der Waals surface area (Å²) in [4.78, 5) is 16.4. The van der Waals surface area contributed by atoms with Crippen LogP contribution in [0.15, 0.2) is 54.9 Å². The van der Waals surface area contributed by atoms with Gasteiger partial charge in [0.2, 0.25) is 0 Å². The minimum atomic E-state index is -0.368. The van der Waals surface area contributed by atoms with Gasteiger partial charge in [-0.3, -0.25) is 10.3 Å². The first-order valence-corrected chi connectivity index (χ1v) is 8.60. The second-order valence-corrected chi connectivity index (χ2v) is 7.10. The highest BCUT2D eigenvalue weighted by Crippen LogP contribution is 2.27. The minimum Gasteiger partial charge on any atom is -0.497 e. The Labute approximate surface area is 158 Å². The van der Waals surface area contributed by atoms with Crippen molar-refractivity contribution < 1.29 is 9.53 Å². The fourth-order valence-corrected chi connectivity index (χ4v) is 2.49. The number of rotatable bonds is 4. The van der Waals surface area contributed by atoms with Crippen LogP contribution < -0.4 is 15.4 Å². The maximum atomic E-state index is 12.4. The lowest BCUT2D eigenvalue weighted by Crippen LogP contribution is -2.21. The summed E-state index contributed by atoms with van der Waals surface area (Å²) in [6.07, 6.45) is 3.23. The van der Waals surface area contributed by atoms with Crippen LogP contribution in [0.25, 0.3) is 5.69 Å². The van der Waals surface area contributed by atoms with Crippen molar-refractivity contribution in [2.45, 2.75) is 26.2 Å². The summed E-state index contributed by atoms with van der Waals surface area (Å²) in [5.41, 5.74) is 2.10. The number of urea groups is 1. The highest BCUT2D eigenvalue weighted by Gasteiger charge is 2.21. The number of methoxy groups -OCH3 is 1. The third kappa shape index (κ3) is 4.44. The zero-order valence-electron chi connectivity index (χ0n) is 15.9. The second-order valence-electron chi connectivity index (χ2n) is 7.10. The molecule has 0 bridgehead atoms. The predicted octanol–water partition coefficient (Wildman–Crippen LogP) is 4.22. The van der Waals surface area contributed by atoms with Gasteiger partial charge in [-0.25, -0.2) is 9.48 Å². The number of amides is 2. The molecule has 1 aromatic carbocycles. The summed E-state index contributed by atoms with van der Waals surface area (Å²) in [7, 11) is 1.61. The summed E-state index contributed by atoms with van der Waals surface area (Å²) in [6, 6.07) is 12.6. The molecule has 3 rings (SSSR count). The molecule has 0 saturated heterocycles. The zero-order chi connectivity index (χ0) is 19.4. The van der Waals surface area contributed by atoms with Gasteiger partial charge in [0.25, 0.3) is 0 Å². The van der Waals surface area contributed by atoms with E-state index in [0.29, 0.717) is 17.3 Å². The molecule has 0 unspecified atom stereocenters. The van der Waals surface area contributed by atoms with E-state index >= 15 is 0 Å². The quantitative estimate of drug-likeness (QED) is 0.725. The highest BCUT2D eigenvalue weighted by molar-refractivity contribution is 5.99. The van der Waals surface area contributed by atoms with Gasteiger partial charge in [0.1, 0.15) is 11.6 Å². The lowest BCUT2D eigenvalue weighted by Gasteiger charge is -2.14. The molecule has 0 saturated carbocycles. The number of aromatic nitrogens is 3. The molecule has 2 N–H and O–H groups in total. The van der Waals surface area contributed by atoms with Crippen molar-refractivity contribution in [3.8, 4) is 11.4 Å². The van der Waals surface area contributed by atoms with Crippen LogP contribution in [0.2, 0.25) is 0 Å². The van der Waals surface area contributed by atoms with Crippen LogP contribution in [0.5, 0.6) is 5.75 Å². The van der Waals surface area contributed by atoms with Gasteiger partial charge in [-0.05, 0) is 24.3 Å². The summed E-state index contributed by atoms with van der Waals surface area (Å²) >= 11 is 0. The maximum absolute atomic E-state index is 12.4. The van der Waals surface area contributed by atoms with Gasteiger partial charge < -0.3 is 10.1 Å². The fourth-order valence-electron chi connectivity index (χ4n) is 2.49. The van der Waals surface area contributed by atoms with E-state index in [-0.39, 0.29) is 11.4 Å². The molecular weight excluding hydrogens is 342 g/mol. The number of ether oxygens (including phenoxy) is 1. The normalized spacial score (nSPS) is 11.1. The molecule has 27 heavy (non-hydrogen) atoms. The molecule has 2 amide bonds. The third-order valence-corrected chi connectivity index (χ3v) is 3.94. The van der Waals surface area contributed by atoms with E-state index in [0.717, 1.165) is 11.4 Å². The number of hydrogen-bond acceptors (Lipinski definition) is 4. The average molecular weight is 365 g/mol. The van der Waals surface area contributed by atoms with Gasteiger partial charge in [0.15, 0.2) is 0 Å². The van der Waals surface area contributed by atoms with Crippen molar-refractivity contribution in [1.82, 2.24) is 14.8 Å². The number of anilines is 2. The van der Waals surface area contributed by atoms with E-state index in [1.165, 1.54) is 0 Å². The van der Waals surface area contributed by atoms with Crippen LogP contribution in [0.1, 0.15) is 26.5 Å². The molecule has 0 radical (unpaired) electrons. The highest BCUT2D eigenvalue weighted by atomic mass is 16.5. The summed E-state index contributed by atoms with van der Waals surface area (Å²) in [5, 5.41) is 10.3. The molecule has 0 aliphatic rings. The van der Waals surface area contributed by atoms with Crippen LogP contribution >= 0.6 is 0 Å². The SMILES string of the molecule is COc1cccc(-n2nc(C(C)(C)C)cc2NC(=O)Nc2cccnc2)c1. The van der Waals surface area contributed by atoms with Crippen molar-refractivity contribution in [3.63, 3.8) is 0 Å². The average Bonchev–Trinajstić information content (AvgIpc) is 3.06. The standard InChI is InChI=1S/C20H23N5O2/c1-20(2,3)17-12-18(23-19(26)22-14-7-6-10-21-13-14)25(24-17)15-8-5-9-16(11-15)27-4/h5-13H,1-4H3,(H2,22,23,26). The van der Waals surface area contributed by atoms with Crippen molar-refractivity contribution in [2.75, 3.05) is 17.7 Å². The first-order chi connectivity index (χ1) is 12.9. The first-order valence-electron chi connectivity index (χ1n) is 8.60. The molecule has 0 aliphatic carbocycles. The van der Waals surface area contributed by atoms with Gasteiger partial charge in [-0.2, -0.15) is 5.10 Å². The van der Waals surface area contributed by atoms with Gasteiger partial charge >= 0.3 is 6.03 Å². The lowest BCUT2D eigenvalue weighted by molar-refractivity contribution is 0.262. The predicted molar refractivity (Wildman–Crippen MR) is 106 cm³/mol. The molecule has 3 aromatic rings. The van der Waals surface area contributed by atoms with Gasteiger partial charge in [0, 0.05) is 23.7 Å². The molecule has 0 atom stereocenters. The number of carbonyl (C=O) groups excluding carboxylic acids is 1. The number of carbonyl (C=O) groups is 1. The molecule has 140 valence electrons. The smallest absolute Gasteiger partial charge is 0.324 e. The Bertz CT molecular complexity index is 929. The molecule has 0 spiro atoms. The van der Waals surface area contributed by atoms with Gasteiger partial charge in [-0.15, -0.1) is 0 Å². The van der Waals surface area contributed by atoms with Crippen LogP contribution in [0.3, 0.4) is 0 Å². The Kier molecular flexibility index (Phi) is 5.12. The van der Waals surface area contributed by atoms with E-state index in [1.54, 1.807) is 36.3 Å². The number of benzene rings is 1. The van der Waals surface area contributed by atoms with E-state index in [1.807, 2.05) is 30.3 Å². The van der Waals surface area contributed by atoms with E-state index in [4.69, 9.17) is 9.84 Å². The van der Waals surface area contributed by atoms with Crippen LogP contribution in [0, 0.1) is 0 Å². The number of nitrogens with zero attached hydrogens (tertiary/aromatic N) is 3. The number of pyridine rings is 1. The molecule has 2 heterocycles. The molecule has 0 fully saturated rings. The van der Waals surface area contributed by atoms with E-state index in [9.17, 15) is 4.79 Å². The Morgan fingerprint density at radius 1 is 1.11 bits per heavy atom. The second kappa shape index (κ2) is 7.49. The van der Waals surface area contributed by atoms with Crippen molar-refractivity contribution >= 4 is 17.5 Å². The lowest BCUT2D eigenvalue weighted by atomic mass is 9.92. The molecule has 2 aromatic heterocycles. The molecular formula is C20H23N5O2. The molecule has 0 aliphatic heterocycles. The van der Waals surface area contributed by atoms with E-state index in [2.05, 4.69) is 36.4 Å². The Morgan fingerprint density at radius 3 is 2.59 bits per heavy atom. The molecule has 7 nitrogen and oxygen atoms in total. The van der Waals surface area contributed by atoms with Crippen LogP contribution in [0.4, 0.5) is 16.3 Å². The largest absolute Gasteiger partial charge is 0.497 e. The monoisotopic (exact) mass is 365 g/mol. The number of nitrogens with one attached hydrogen (secondary N) is 2. The third-order valence-electron chi connectivity index (χ3n) is 3.94. The van der Waals surface area contributed by atoms with Crippen LogP contribution in [-0.4, -0.2) is 27.9 Å². The minimum absolute atomic E-state index is 0.166. The van der Waals surface area contributed by atoms with Crippen molar-refractivity contribution in [3.05, 3.63) is 60.6 Å². The van der Waals surface area contributed by atoms with Crippen molar-refractivity contribution in [1.29, 1.82) is 0 Å². The fraction of sp³-hybridized carbons (Fsp3) is 0.250. The maximum Gasteiger partial charge on any atom is 0.324 e. The van der Waals surface area contributed by atoms with Gasteiger partial charge in [0.05, 0.1) is 30.4 Å². The Morgan fingerprint density at radius 2 is 1.93 bits per heavy atom.